The van der Waals surface area contributed by atoms with Gasteiger partial charge in [0.1, 0.15) is 0 Å². The number of likely N-dealkylation sites (tertiary alicyclic amines) is 1. The molecule has 1 aliphatic heterocycles. The summed E-state index contributed by atoms with van der Waals surface area (Å²) in [6.07, 6.45) is 0.652. The number of carboxylic acid groups (broad SMARTS) is 1. The average molecular weight is 356 g/mol. The van der Waals surface area contributed by atoms with E-state index < -0.39 is 16.1 Å². The predicted octanol–water partition coefficient (Wildman–Crippen LogP) is 2.96. The van der Waals surface area contributed by atoms with Crippen molar-refractivity contribution in [2.45, 2.75) is 10.8 Å². The van der Waals surface area contributed by atoms with E-state index >= 15 is 0 Å². The Kier molecular flexibility index (Phi) is 3.54. The normalized spacial score (nSPS) is 15.3. The molecule has 0 atom stereocenters. The lowest BCUT2D eigenvalue weighted by atomic mass is 9.91. The lowest BCUT2D eigenvalue weighted by Crippen LogP contribution is -2.47. The summed E-state index contributed by atoms with van der Waals surface area (Å²) in [5.74, 6) is 0.162. The molecule has 7 heteroatoms. The van der Waals surface area contributed by atoms with Crippen LogP contribution in [0.1, 0.15) is 11.5 Å². The monoisotopic (exact) mass is 356 g/mol. The van der Waals surface area contributed by atoms with Crippen molar-refractivity contribution >= 4 is 27.0 Å². The highest BCUT2D eigenvalue weighted by atomic mass is 32.2. The zero-order valence-corrected chi connectivity index (χ0v) is 14.1. The molecule has 25 heavy (non-hydrogen) atoms. The Morgan fingerprint density at radius 2 is 1.76 bits per heavy atom. The third kappa shape index (κ3) is 2.56. The molecule has 128 valence electrons. The Labute approximate surface area is 145 Å². The van der Waals surface area contributed by atoms with Crippen molar-refractivity contribution in [1.82, 2.24) is 8.87 Å². The van der Waals surface area contributed by atoms with E-state index in [1.165, 1.54) is 8.87 Å². The van der Waals surface area contributed by atoms with Gasteiger partial charge in [-0.3, -0.25) is 0 Å². The number of nitrogens with zero attached hydrogens (tertiary/aromatic N) is 2. The zero-order valence-electron chi connectivity index (χ0n) is 13.2. The minimum Gasteiger partial charge on any atom is -0.465 e. The first-order valence-corrected chi connectivity index (χ1v) is 9.30. The number of aromatic nitrogens is 1. The molecule has 6 nitrogen and oxygen atoms in total. The van der Waals surface area contributed by atoms with Crippen molar-refractivity contribution in [2.75, 3.05) is 13.1 Å². The second kappa shape index (κ2) is 5.63. The molecule has 2 aromatic carbocycles. The number of rotatable bonds is 3. The Hall–Kier alpha value is -2.80. The molecule has 1 N–H and O–H groups in total. The Morgan fingerprint density at radius 1 is 1.04 bits per heavy atom. The molecular weight excluding hydrogens is 340 g/mol. The van der Waals surface area contributed by atoms with E-state index in [2.05, 4.69) is 0 Å². The molecule has 0 bridgehead atoms. The van der Waals surface area contributed by atoms with Gasteiger partial charge in [0.2, 0.25) is 0 Å². The number of amides is 1. The smallest absolute Gasteiger partial charge is 0.407 e. The van der Waals surface area contributed by atoms with Gasteiger partial charge in [0.15, 0.2) is 0 Å². The lowest BCUT2D eigenvalue weighted by Gasteiger charge is -2.37. The molecule has 1 aliphatic rings. The predicted molar refractivity (Wildman–Crippen MR) is 93.3 cm³/mol. The molecule has 2 heterocycles. The molecule has 0 aliphatic carbocycles. The van der Waals surface area contributed by atoms with Gasteiger partial charge in [0.05, 0.1) is 10.4 Å². The molecule has 3 aromatic rings. The van der Waals surface area contributed by atoms with Crippen LogP contribution in [0, 0.1) is 0 Å². The van der Waals surface area contributed by atoms with Gasteiger partial charge < -0.3 is 10.0 Å². The first-order chi connectivity index (χ1) is 12.0. The fraction of sp³-hybridized carbons (Fsp3) is 0.167. The molecule has 4 rings (SSSR count). The van der Waals surface area contributed by atoms with Crippen LogP contribution in [-0.2, 0) is 10.0 Å². The molecule has 1 aromatic heterocycles. The highest BCUT2D eigenvalue weighted by molar-refractivity contribution is 7.90. The highest BCUT2D eigenvalue weighted by Gasteiger charge is 2.31. The van der Waals surface area contributed by atoms with Crippen molar-refractivity contribution < 1.29 is 18.3 Å². The zero-order chi connectivity index (χ0) is 17.6. The quantitative estimate of drug-likeness (QED) is 0.782. The van der Waals surface area contributed by atoms with Crippen LogP contribution in [0.3, 0.4) is 0 Å². The third-order valence-corrected chi connectivity index (χ3v) is 6.31. The minimum atomic E-state index is -3.64. The first-order valence-electron chi connectivity index (χ1n) is 7.86. The highest BCUT2D eigenvalue weighted by Crippen LogP contribution is 2.30. The van der Waals surface area contributed by atoms with Crippen LogP contribution < -0.4 is 0 Å². The standard InChI is InChI=1S/C18H16N2O4S/c21-18(22)19-11-15(12-19)13-6-7-17-14(10-13)8-9-20(17)25(23,24)16-4-2-1-3-5-16/h1-10,15H,11-12H2,(H,21,22). The van der Waals surface area contributed by atoms with Crippen molar-refractivity contribution in [2.24, 2.45) is 0 Å². The topological polar surface area (TPSA) is 79.6 Å². The Bertz CT molecular complexity index is 1050. The van der Waals surface area contributed by atoms with Crippen molar-refractivity contribution in [3.8, 4) is 0 Å². The van der Waals surface area contributed by atoms with E-state index in [0.717, 1.165) is 10.9 Å². The summed E-state index contributed by atoms with van der Waals surface area (Å²) in [4.78, 5) is 12.5. The number of hydrogen-bond donors (Lipinski definition) is 1. The fourth-order valence-electron chi connectivity index (χ4n) is 3.15. The van der Waals surface area contributed by atoms with Crippen molar-refractivity contribution in [3.05, 3.63) is 66.4 Å². The summed E-state index contributed by atoms with van der Waals surface area (Å²) in [5.41, 5.74) is 1.64. The van der Waals surface area contributed by atoms with Crippen LogP contribution >= 0.6 is 0 Å². The SMILES string of the molecule is O=C(O)N1CC(c2ccc3c(ccn3S(=O)(=O)c3ccccc3)c2)C1. The average Bonchev–Trinajstić information content (AvgIpc) is 2.98. The summed E-state index contributed by atoms with van der Waals surface area (Å²) in [7, 11) is -3.64. The van der Waals surface area contributed by atoms with Crippen LogP contribution in [-0.4, -0.2) is 41.6 Å². The maximum Gasteiger partial charge on any atom is 0.407 e. The van der Waals surface area contributed by atoms with E-state index in [9.17, 15) is 13.2 Å². The summed E-state index contributed by atoms with van der Waals surface area (Å²) in [6, 6.07) is 15.7. The van der Waals surface area contributed by atoms with E-state index in [1.807, 2.05) is 12.1 Å². The Morgan fingerprint density at radius 3 is 2.44 bits per heavy atom. The van der Waals surface area contributed by atoms with Crippen molar-refractivity contribution in [1.29, 1.82) is 0 Å². The summed E-state index contributed by atoms with van der Waals surface area (Å²) in [5, 5.41) is 9.75. The number of benzene rings is 2. The molecule has 1 fully saturated rings. The van der Waals surface area contributed by atoms with Gasteiger partial charge in [-0.15, -0.1) is 0 Å². The van der Waals surface area contributed by atoms with Gasteiger partial charge in [0.25, 0.3) is 10.0 Å². The van der Waals surface area contributed by atoms with E-state index in [1.54, 1.807) is 48.7 Å². The van der Waals surface area contributed by atoms with Gasteiger partial charge in [-0.2, -0.15) is 0 Å². The third-order valence-electron chi connectivity index (χ3n) is 4.60. The fourth-order valence-corrected chi connectivity index (χ4v) is 4.53. The maximum atomic E-state index is 12.8. The summed E-state index contributed by atoms with van der Waals surface area (Å²) >= 11 is 0. The second-order valence-electron chi connectivity index (χ2n) is 6.13. The van der Waals surface area contributed by atoms with Crippen LogP contribution in [0.5, 0.6) is 0 Å². The maximum absolute atomic E-state index is 12.8. The van der Waals surface area contributed by atoms with Gasteiger partial charge >= 0.3 is 6.09 Å². The van der Waals surface area contributed by atoms with Crippen molar-refractivity contribution in [3.63, 3.8) is 0 Å². The molecule has 0 spiro atoms. The molecule has 0 radical (unpaired) electrons. The molecular formula is C18H16N2O4S. The van der Waals surface area contributed by atoms with Gasteiger partial charge in [-0.25, -0.2) is 17.2 Å². The molecule has 0 saturated carbocycles. The largest absolute Gasteiger partial charge is 0.465 e. The number of carbonyl (C=O) groups is 1. The molecule has 1 saturated heterocycles. The van der Waals surface area contributed by atoms with Gasteiger partial charge in [-0.1, -0.05) is 24.3 Å². The first kappa shape index (κ1) is 15.7. The van der Waals surface area contributed by atoms with E-state index in [-0.39, 0.29) is 10.8 Å². The summed E-state index contributed by atoms with van der Waals surface area (Å²) in [6.45, 7) is 0.952. The van der Waals surface area contributed by atoms with Crippen LogP contribution in [0.15, 0.2) is 65.7 Å². The minimum absolute atomic E-state index is 0.162. The summed E-state index contributed by atoms with van der Waals surface area (Å²) < 4.78 is 26.9. The van der Waals surface area contributed by atoms with Gasteiger partial charge in [0, 0.05) is 30.6 Å². The van der Waals surface area contributed by atoms with Gasteiger partial charge in [-0.05, 0) is 35.9 Å². The number of fused-ring (bicyclic) bond motifs is 1. The van der Waals surface area contributed by atoms with E-state index in [4.69, 9.17) is 5.11 Å². The Balaban J connectivity index is 1.69. The van der Waals surface area contributed by atoms with Crippen LogP contribution in [0.2, 0.25) is 0 Å². The van der Waals surface area contributed by atoms with Crippen LogP contribution in [0.4, 0.5) is 4.79 Å². The molecule has 0 unspecified atom stereocenters. The van der Waals surface area contributed by atoms with Crippen LogP contribution in [0.25, 0.3) is 10.9 Å². The number of hydrogen-bond acceptors (Lipinski definition) is 3. The second-order valence-corrected chi connectivity index (χ2v) is 7.95. The van der Waals surface area contributed by atoms with E-state index in [0.29, 0.717) is 18.6 Å². The molecule has 1 amide bonds. The lowest BCUT2D eigenvalue weighted by molar-refractivity contribution is 0.105.